The largest absolute Gasteiger partial charge is 0.497 e. The Morgan fingerprint density at radius 2 is 1.40 bits per heavy atom. The maximum atomic E-state index is 5.91. The third-order valence-corrected chi connectivity index (χ3v) is 8.29. The van der Waals surface area contributed by atoms with Crippen LogP contribution in [0.2, 0.25) is 0 Å². The monoisotopic (exact) mass is 568 g/mol. The summed E-state index contributed by atoms with van der Waals surface area (Å²) in [5.41, 5.74) is 9.66. The number of hydrogen-bond donors (Lipinski definition) is 0. The molecule has 0 saturated carbocycles. The quantitative estimate of drug-likeness (QED) is 0.180. The number of ether oxygens (including phenoxy) is 1. The second-order valence-corrected chi connectivity index (χ2v) is 10.9. The first-order chi connectivity index (χ1) is 20.6. The topological polar surface area (TPSA) is 45.0 Å². The molecule has 206 valence electrons. The van der Waals surface area contributed by atoms with Gasteiger partial charge in [-0.3, -0.25) is 0 Å². The van der Waals surface area contributed by atoms with Crippen LogP contribution < -0.4 is 13.8 Å². The molecular formula is C36H29N2O3P. The van der Waals surface area contributed by atoms with E-state index in [-0.39, 0.29) is 9.03 Å². The van der Waals surface area contributed by atoms with Crippen LogP contribution in [0.1, 0.15) is 11.3 Å². The highest BCUT2D eigenvalue weighted by Gasteiger charge is 2.20. The van der Waals surface area contributed by atoms with Gasteiger partial charge < -0.3 is 18.2 Å². The highest BCUT2D eigenvalue weighted by Crippen LogP contribution is 2.42. The summed E-state index contributed by atoms with van der Waals surface area (Å²) in [6, 6.07) is 39.1. The van der Waals surface area contributed by atoms with Gasteiger partial charge in [0.1, 0.15) is 17.2 Å². The summed E-state index contributed by atoms with van der Waals surface area (Å²) in [5.74, 6) is 2.36. The zero-order valence-corrected chi connectivity index (χ0v) is 24.6. The minimum absolute atomic E-state index is 0.130. The number of fused-ring (bicyclic) bond motifs is 4. The molecule has 42 heavy (non-hydrogen) atoms. The Hall–Kier alpha value is -4.86. The molecule has 0 aliphatic heterocycles. The Morgan fingerprint density at radius 1 is 0.690 bits per heavy atom. The zero-order chi connectivity index (χ0) is 28.6. The van der Waals surface area contributed by atoms with Crippen LogP contribution in [-0.4, -0.2) is 16.5 Å². The Labute approximate surface area is 246 Å². The molecule has 1 unspecified atom stereocenters. The SMILES string of the molecule is COc1ccc2nc(-c3c(-c4ccc(OPOc5ccccc5)cc4)ccc4ccccc34)c3c(C)cc(C)n3c2c1. The van der Waals surface area contributed by atoms with E-state index in [4.69, 9.17) is 18.8 Å². The standard InChI is InChI=1S/C36H29N2O3P/c1-23-21-24(2)38-33-22-29(39-3)18-20-32(33)37-35(36(23)38)34-30-12-8-7-9-25(30)15-19-31(34)26-13-16-28(17-14-26)41-42-40-27-10-5-4-6-11-27/h4-22,42H,1-3H3. The van der Waals surface area contributed by atoms with Crippen LogP contribution in [0, 0.1) is 13.8 Å². The minimum Gasteiger partial charge on any atom is -0.497 e. The van der Waals surface area contributed by atoms with E-state index >= 15 is 0 Å². The lowest BCUT2D eigenvalue weighted by Gasteiger charge is -2.17. The molecule has 6 heteroatoms. The third-order valence-electron chi connectivity index (χ3n) is 7.65. The molecule has 0 N–H and O–H groups in total. The molecule has 5 nitrogen and oxygen atoms in total. The molecule has 0 amide bonds. The summed E-state index contributed by atoms with van der Waals surface area (Å²) < 4.78 is 19.5. The molecule has 7 aromatic rings. The fourth-order valence-electron chi connectivity index (χ4n) is 5.73. The van der Waals surface area contributed by atoms with E-state index in [1.165, 1.54) is 10.9 Å². The molecule has 1 atom stereocenters. The zero-order valence-electron chi connectivity index (χ0n) is 23.6. The number of rotatable bonds is 7. The highest BCUT2D eigenvalue weighted by atomic mass is 31.1. The van der Waals surface area contributed by atoms with E-state index in [2.05, 4.69) is 78.9 Å². The van der Waals surface area contributed by atoms with Crippen molar-refractivity contribution in [2.75, 3.05) is 7.11 Å². The van der Waals surface area contributed by atoms with Crippen LogP contribution in [0.15, 0.2) is 115 Å². The highest BCUT2D eigenvalue weighted by molar-refractivity contribution is 7.27. The molecule has 2 aromatic heterocycles. The molecule has 7 rings (SSSR count). The van der Waals surface area contributed by atoms with Gasteiger partial charge in [-0.15, -0.1) is 0 Å². The van der Waals surface area contributed by atoms with E-state index in [0.29, 0.717) is 0 Å². The molecule has 5 aromatic carbocycles. The first-order valence-corrected chi connectivity index (χ1v) is 14.6. The number of hydrogen-bond acceptors (Lipinski definition) is 4. The van der Waals surface area contributed by atoms with Crippen molar-refractivity contribution >= 4 is 36.4 Å². The Balaban J connectivity index is 1.37. The maximum Gasteiger partial charge on any atom is 0.275 e. The molecule has 0 fully saturated rings. The lowest BCUT2D eigenvalue weighted by atomic mass is 9.91. The van der Waals surface area contributed by atoms with Crippen molar-refractivity contribution < 1.29 is 13.8 Å². The third kappa shape index (κ3) is 4.62. The Kier molecular flexibility index (Phi) is 6.73. The predicted octanol–water partition coefficient (Wildman–Crippen LogP) is 9.57. The van der Waals surface area contributed by atoms with Crippen molar-refractivity contribution in [3.8, 4) is 39.6 Å². The van der Waals surface area contributed by atoms with E-state index < -0.39 is 0 Å². The van der Waals surface area contributed by atoms with Gasteiger partial charge in [-0.2, -0.15) is 0 Å². The first-order valence-electron chi connectivity index (χ1n) is 13.8. The Morgan fingerprint density at radius 3 is 2.19 bits per heavy atom. The molecular weight excluding hydrogens is 539 g/mol. The molecule has 0 saturated heterocycles. The van der Waals surface area contributed by atoms with Gasteiger partial charge in [0, 0.05) is 17.3 Å². The summed E-state index contributed by atoms with van der Waals surface area (Å²) in [4.78, 5) is 5.33. The number of para-hydroxylation sites is 1. The van der Waals surface area contributed by atoms with Gasteiger partial charge in [0.2, 0.25) is 0 Å². The van der Waals surface area contributed by atoms with Crippen molar-refractivity contribution in [3.05, 3.63) is 127 Å². The van der Waals surface area contributed by atoms with Crippen LogP contribution in [0.5, 0.6) is 17.2 Å². The van der Waals surface area contributed by atoms with Crippen LogP contribution in [0.4, 0.5) is 0 Å². The fourth-order valence-corrected chi connectivity index (χ4v) is 6.24. The van der Waals surface area contributed by atoms with Crippen molar-refractivity contribution in [2.24, 2.45) is 0 Å². The first kappa shape index (κ1) is 26.1. The van der Waals surface area contributed by atoms with Gasteiger partial charge >= 0.3 is 0 Å². The van der Waals surface area contributed by atoms with Gasteiger partial charge in [0.05, 0.1) is 29.4 Å². The predicted molar refractivity (Wildman–Crippen MR) is 173 cm³/mol. The van der Waals surface area contributed by atoms with Crippen LogP contribution in [0.3, 0.4) is 0 Å². The minimum atomic E-state index is -0.130. The van der Waals surface area contributed by atoms with Gasteiger partial charge in [-0.1, -0.05) is 66.7 Å². The summed E-state index contributed by atoms with van der Waals surface area (Å²) in [5, 5.41) is 2.33. The second kappa shape index (κ2) is 10.8. The van der Waals surface area contributed by atoms with Gasteiger partial charge in [0.25, 0.3) is 9.03 Å². The maximum absolute atomic E-state index is 5.91. The molecule has 0 aliphatic rings. The van der Waals surface area contributed by atoms with E-state index in [9.17, 15) is 0 Å². The van der Waals surface area contributed by atoms with Gasteiger partial charge in [-0.25, -0.2) is 4.98 Å². The Bertz CT molecular complexity index is 2070. The molecule has 0 aliphatic carbocycles. The van der Waals surface area contributed by atoms with E-state index in [1.54, 1.807) is 7.11 Å². The lowest BCUT2D eigenvalue weighted by Crippen LogP contribution is -2.00. The number of aryl methyl sites for hydroxylation is 2. The number of benzene rings is 5. The second-order valence-electron chi connectivity index (χ2n) is 10.3. The smallest absolute Gasteiger partial charge is 0.275 e. The lowest BCUT2D eigenvalue weighted by molar-refractivity contribution is 0.415. The van der Waals surface area contributed by atoms with Gasteiger partial charge in [-0.05, 0) is 83.8 Å². The molecule has 2 heterocycles. The van der Waals surface area contributed by atoms with Crippen molar-refractivity contribution in [1.82, 2.24) is 9.38 Å². The average Bonchev–Trinajstić information content (AvgIpc) is 3.34. The number of aromatic nitrogens is 2. The van der Waals surface area contributed by atoms with E-state index in [0.717, 1.165) is 67.3 Å². The number of methoxy groups -OCH3 is 1. The molecule has 0 spiro atoms. The fraction of sp³-hybridized carbons (Fsp3) is 0.0833. The number of nitrogens with zero attached hydrogens (tertiary/aromatic N) is 2. The van der Waals surface area contributed by atoms with Gasteiger partial charge in [0.15, 0.2) is 0 Å². The van der Waals surface area contributed by atoms with Crippen molar-refractivity contribution in [2.45, 2.75) is 13.8 Å². The molecule has 0 bridgehead atoms. The van der Waals surface area contributed by atoms with Crippen molar-refractivity contribution in [3.63, 3.8) is 0 Å². The summed E-state index contributed by atoms with van der Waals surface area (Å²) in [6.07, 6.45) is 0. The summed E-state index contributed by atoms with van der Waals surface area (Å²) in [6.45, 7) is 4.31. The van der Waals surface area contributed by atoms with Crippen LogP contribution in [0.25, 0.3) is 49.7 Å². The van der Waals surface area contributed by atoms with Crippen LogP contribution in [-0.2, 0) is 0 Å². The van der Waals surface area contributed by atoms with Crippen LogP contribution >= 0.6 is 9.03 Å². The van der Waals surface area contributed by atoms with Crippen molar-refractivity contribution in [1.29, 1.82) is 0 Å². The molecule has 0 radical (unpaired) electrons. The summed E-state index contributed by atoms with van der Waals surface area (Å²) >= 11 is 0. The average molecular weight is 569 g/mol. The van der Waals surface area contributed by atoms with E-state index in [1.807, 2.05) is 54.6 Å². The normalized spacial score (nSPS) is 11.6. The summed E-state index contributed by atoms with van der Waals surface area (Å²) in [7, 11) is 1.57.